The number of amides is 2. The number of rotatable bonds is 5. The van der Waals surface area contributed by atoms with Crippen LogP contribution in [0.4, 0.5) is 16.3 Å². The van der Waals surface area contributed by atoms with E-state index in [1.807, 2.05) is 27.7 Å². The average molecular weight is 388 g/mol. The number of pyridine rings is 1. The van der Waals surface area contributed by atoms with E-state index in [0.29, 0.717) is 30.4 Å². The van der Waals surface area contributed by atoms with Gasteiger partial charge in [0, 0.05) is 24.8 Å². The van der Waals surface area contributed by atoms with Crippen LogP contribution in [0.3, 0.4) is 0 Å². The Labute approximate surface area is 170 Å². The number of urea groups is 1. The number of hydrogen-bond donors (Lipinski definition) is 0. The van der Waals surface area contributed by atoms with Crippen molar-refractivity contribution in [1.29, 1.82) is 0 Å². The molecule has 1 saturated carbocycles. The van der Waals surface area contributed by atoms with Crippen molar-refractivity contribution >= 4 is 17.5 Å². The molecule has 0 unspecified atom stereocenters. The molecule has 2 aromatic heterocycles. The summed E-state index contributed by atoms with van der Waals surface area (Å²) >= 11 is 0. The van der Waals surface area contributed by atoms with Gasteiger partial charge in [-0.1, -0.05) is 18.2 Å². The van der Waals surface area contributed by atoms with Crippen LogP contribution in [-0.4, -0.2) is 38.9 Å². The van der Waals surface area contributed by atoms with E-state index >= 15 is 0 Å². The molecule has 0 bridgehead atoms. The van der Waals surface area contributed by atoms with Gasteiger partial charge in [-0.25, -0.2) is 9.78 Å². The van der Waals surface area contributed by atoms with Crippen LogP contribution < -0.4 is 9.80 Å². The van der Waals surface area contributed by atoms with Crippen LogP contribution in [0.2, 0.25) is 0 Å². The number of anilines is 2. The fraction of sp³-hybridized carbons (Fsp3) is 0.364. The first-order chi connectivity index (χ1) is 14.1. The summed E-state index contributed by atoms with van der Waals surface area (Å²) in [7, 11) is 0. The van der Waals surface area contributed by atoms with Gasteiger partial charge in [0.25, 0.3) is 0 Å². The van der Waals surface area contributed by atoms with Crippen LogP contribution in [0, 0.1) is 0 Å². The van der Waals surface area contributed by atoms with Crippen LogP contribution in [0.1, 0.15) is 44.2 Å². The van der Waals surface area contributed by atoms with Crippen LogP contribution >= 0.6 is 0 Å². The van der Waals surface area contributed by atoms with Crippen molar-refractivity contribution in [2.75, 3.05) is 22.9 Å². The van der Waals surface area contributed by atoms with Gasteiger partial charge in [0.05, 0.1) is 0 Å². The Morgan fingerprint density at radius 1 is 1.00 bits per heavy atom. The van der Waals surface area contributed by atoms with Crippen molar-refractivity contribution in [3.05, 3.63) is 54.4 Å². The minimum atomic E-state index is -0.0425. The molecule has 0 radical (unpaired) electrons. The van der Waals surface area contributed by atoms with Gasteiger partial charge in [0.1, 0.15) is 17.8 Å². The molecule has 2 amide bonds. The molecule has 1 aromatic carbocycles. The SMILES string of the molecule is CC(C)n1cnnc1-c1cccc(N2CCN(c3ccc(C4CC4)cc3)C2=O)n1. The van der Waals surface area contributed by atoms with Crippen LogP contribution in [0.25, 0.3) is 11.5 Å². The lowest BCUT2D eigenvalue weighted by atomic mass is 10.1. The molecule has 1 aliphatic carbocycles. The Balaban J connectivity index is 1.39. The molecular weight excluding hydrogens is 364 g/mol. The smallest absolute Gasteiger partial charge is 0.310 e. The Morgan fingerprint density at radius 3 is 2.48 bits per heavy atom. The van der Waals surface area contributed by atoms with Crippen molar-refractivity contribution < 1.29 is 4.79 Å². The molecule has 3 heterocycles. The Kier molecular flexibility index (Phi) is 4.30. The molecule has 5 rings (SSSR count). The lowest BCUT2D eigenvalue weighted by molar-refractivity contribution is 0.255. The fourth-order valence-corrected chi connectivity index (χ4v) is 3.83. The molecule has 1 aliphatic heterocycles. The second-order valence-electron chi connectivity index (χ2n) is 7.99. The molecular formula is C22H24N6O. The number of benzene rings is 1. The maximum Gasteiger partial charge on any atom is 0.330 e. The third kappa shape index (κ3) is 3.26. The van der Waals surface area contributed by atoms with Gasteiger partial charge in [-0.05, 0) is 62.4 Å². The lowest BCUT2D eigenvalue weighted by Crippen LogP contribution is -2.32. The highest BCUT2D eigenvalue weighted by Gasteiger charge is 2.32. The summed E-state index contributed by atoms with van der Waals surface area (Å²) in [5, 5.41) is 8.24. The van der Waals surface area contributed by atoms with Gasteiger partial charge in [0.2, 0.25) is 0 Å². The van der Waals surface area contributed by atoms with E-state index in [4.69, 9.17) is 4.98 Å². The topological polar surface area (TPSA) is 67.2 Å². The van der Waals surface area contributed by atoms with Gasteiger partial charge in [-0.2, -0.15) is 0 Å². The number of aromatic nitrogens is 4. The van der Waals surface area contributed by atoms with Gasteiger partial charge in [0.15, 0.2) is 5.82 Å². The molecule has 148 valence electrons. The van der Waals surface area contributed by atoms with E-state index in [0.717, 1.165) is 11.6 Å². The van der Waals surface area contributed by atoms with Crippen LogP contribution in [-0.2, 0) is 0 Å². The van der Waals surface area contributed by atoms with E-state index in [1.54, 1.807) is 11.2 Å². The summed E-state index contributed by atoms with van der Waals surface area (Å²) in [6, 6.07) is 14.3. The molecule has 7 heteroatoms. The maximum absolute atomic E-state index is 13.1. The van der Waals surface area contributed by atoms with Crippen LogP contribution in [0.15, 0.2) is 48.8 Å². The molecule has 0 atom stereocenters. The van der Waals surface area contributed by atoms with E-state index in [2.05, 4.69) is 48.3 Å². The highest BCUT2D eigenvalue weighted by Crippen LogP contribution is 2.40. The quantitative estimate of drug-likeness (QED) is 0.655. The van der Waals surface area contributed by atoms with E-state index in [1.165, 1.54) is 18.4 Å². The van der Waals surface area contributed by atoms with Gasteiger partial charge in [-0.15, -0.1) is 10.2 Å². The standard InChI is InChI=1S/C22H24N6O/c1-15(2)28-14-23-25-21(28)19-4-3-5-20(24-19)27-13-12-26(22(27)29)18-10-8-17(9-11-18)16-6-7-16/h3-5,8-11,14-16H,6-7,12-13H2,1-2H3. The Morgan fingerprint density at radius 2 is 1.76 bits per heavy atom. The third-order valence-corrected chi connectivity index (χ3v) is 5.63. The normalized spacial score (nSPS) is 16.9. The van der Waals surface area contributed by atoms with Crippen LogP contribution in [0.5, 0.6) is 0 Å². The minimum absolute atomic E-state index is 0.0425. The molecule has 0 N–H and O–H groups in total. The first-order valence-electron chi connectivity index (χ1n) is 10.2. The number of carbonyl (C=O) groups excluding carboxylic acids is 1. The second kappa shape index (κ2) is 6.99. The van der Waals surface area contributed by atoms with Gasteiger partial charge in [-0.3, -0.25) is 9.80 Å². The first-order valence-corrected chi connectivity index (χ1v) is 10.2. The zero-order valence-corrected chi connectivity index (χ0v) is 16.7. The summed E-state index contributed by atoms with van der Waals surface area (Å²) in [4.78, 5) is 21.4. The summed E-state index contributed by atoms with van der Waals surface area (Å²) in [6.07, 6.45) is 4.27. The summed E-state index contributed by atoms with van der Waals surface area (Å²) in [5.41, 5.74) is 3.03. The lowest BCUT2D eigenvalue weighted by Gasteiger charge is -2.19. The molecule has 3 aromatic rings. The van der Waals surface area contributed by atoms with Crippen molar-refractivity contribution in [3.8, 4) is 11.5 Å². The molecule has 0 spiro atoms. The predicted molar refractivity (Wildman–Crippen MR) is 112 cm³/mol. The number of hydrogen-bond acceptors (Lipinski definition) is 4. The van der Waals surface area contributed by atoms with E-state index in [9.17, 15) is 4.79 Å². The monoisotopic (exact) mass is 388 g/mol. The fourth-order valence-electron chi connectivity index (χ4n) is 3.83. The molecule has 29 heavy (non-hydrogen) atoms. The zero-order valence-electron chi connectivity index (χ0n) is 16.7. The van der Waals surface area contributed by atoms with Crippen molar-refractivity contribution in [2.45, 2.75) is 38.6 Å². The zero-order chi connectivity index (χ0) is 20.0. The minimum Gasteiger partial charge on any atom is -0.310 e. The molecule has 2 aliphatic rings. The second-order valence-corrected chi connectivity index (χ2v) is 7.99. The number of carbonyl (C=O) groups is 1. The van der Waals surface area contributed by atoms with E-state index in [-0.39, 0.29) is 12.1 Å². The summed E-state index contributed by atoms with van der Waals surface area (Å²) in [5.74, 6) is 2.07. The van der Waals surface area contributed by atoms with Gasteiger partial charge < -0.3 is 4.57 Å². The number of nitrogens with zero attached hydrogens (tertiary/aromatic N) is 6. The molecule has 7 nitrogen and oxygen atoms in total. The Hall–Kier alpha value is -3.22. The molecule has 2 fully saturated rings. The highest BCUT2D eigenvalue weighted by atomic mass is 16.2. The maximum atomic E-state index is 13.1. The van der Waals surface area contributed by atoms with Gasteiger partial charge >= 0.3 is 6.03 Å². The highest BCUT2D eigenvalue weighted by molar-refractivity contribution is 6.05. The molecule has 1 saturated heterocycles. The van der Waals surface area contributed by atoms with Crippen molar-refractivity contribution in [1.82, 2.24) is 19.7 Å². The summed E-state index contributed by atoms with van der Waals surface area (Å²) in [6.45, 7) is 5.41. The average Bonchev–Trinajstić information content (AvgIpc) is 3.33. The van der Waals surface area contributed by atoms with Crippen molar-refractivity contribution in [3.63, 3.8) is 0 Å². The predicted octanol–water partition coefficient (Wildman–Crippen LogP) is 4.25. The summed E-state index contributed by atoms with van der Waals surface area (Å²) < 4.78 is 1.98. The van der Waals surface area contributed by atoms with E-state index < -0.39 is 0 Å². The first kappa shape index (κ1) is 17.8. The third-order valence-electron chi connectivity index (χ3n) is 5.63. The largest absolute Gasteiger partial charge is 0.330 e. The van der Waals surface area contributed by atoms with Crippen molar-refractivity contribution in [2.24, 2.45) is 0 Å². The Bertz CT molecular complexity index is 1040.